The van der Waals surface area contributed by atoms with Gasteiger partial charge in [0.2, 0.25) is 11.8 Å². The van der Waals surface area contributed by atoms with Crippen LogP contribution in [0.1, 0.15) is 30.4 Å². The van der Waals surface area contributed by atoms with Crippen LogP contribution in [0, 0.1) is 0 Å². The van der Waals surface area contributed by atoms with Gasteiger partial charge >= 0.3 is 8.56 Å². The molecule has 0 aromatic heterocycles. The van der Waals surface area contributed by atoms with Gasteiger partial charge in [0.15, 0.2) is 0 Å². The molecule has 1 saturated heterocycles. The Bertz CT molecular complexity index is 783. The fourth-order valence-corrected chi connectivity index (χ4v) is 6.77. The highest BCUT2D eigenvalue weighted by Gasteiger charge is 2.45. The minimum absolute atomic E-state index is 0.617. The highest BCUT2D eigenvalue weighted by Crippen LogP contribution is 2.32. The zero-order valence-electron chi connectivity index (χ0n) is 18.4. The molecule has 1 aliphatic rings. The van der Waals surface area contributed by atoms with Crippen LogP contribution in [0.2, 0.25) is 12.1 Å². The van der Waals surface area contributed by atoms with E-state index < -0.39 is 8.56 Å². The summed E-state index contributed by atoms with van der Waals surface area (Å²) in [6, 6.07) is 22.0. The quantitative estimate of drug-likeness (QED) is 0.297. The van der Waals surface area contributed by atoms with E-state index in [4.69, 9.17) is 8.85 Å². The molecule has 0 spiro atoms. The summed E-state index contributed by atoms with van der Waals surface area (Å²) in [6.07, 6.45) is 3.40. The monoisotopic (exact) mass is 424 g/mol. The van der Waals surface area contributed by atoms with Crippen molar-refractivity contribution >= 4 is 20.4 Å². The van der Waals surface area contributed by atoms with E-state index in [-0.39, 0.29) is 0 Å². The minimum atomic E-state index is -2.62. The summed E-state index contributed by atoms with van der Waals surface area (Å²) in [4.78, 5) is 0. The summed E-state index contributed by atoms with van der Waals surface area (Å²) in [7, 11) is 5.01. The standard InChI is InChI=1S/C23H32N4O2Si/c1-26(2)24-22(20-14-8-5-9-15-20)28-30(18-12-7-13-19-30)29-23(25-27(3)4)21-16-10-6-11-17-21/h5-6,8-11,14-17H,7,12-13,18-19H2,1-4H3/b24-22+,25-23+. The zero-order valence-corrected chi connectivity index (χ0v) is 19.4. The van der Waals surface area contributed by atoms with Crippen molar-refractivity contribution in [2.45, 2.75) is 31.4 Å². The van der Waals surface area contributed by atoms with Crippen molar-refractivity contribution in [3.05, 3.63) is 71.8 Å². The molecule has 0 N–H and O–H groups in total. The van der Waals surface area contributed by atoms with Gasteiger partial charge in [-0.1, -0.05) is 42.8 Å². The van der Waals surface area contributed by atoms with Crippen molar-refractivity contribution in [1.82, 2.24) is 10.0 Å². The van der Waals surface area contributed by atoms with Crippen LogP contribution >= 0.6 is 0 Å². The molecule has 0 saturated carbocycles. The van der Waals surface area contributed by atoms with Gasteiger partial charge in [-0.2, -0.15) is 0 Å². The number of hydrazone groups is 2. The summed E-state index contributed by atoms with van der Waals surface area (Å²) >= 11 is 0. The van der Waals surface area contributed by atoms with Crippen molar-refractivity contribution in [2.75, 3.05) is 28.2 Å². The molecule has 0 aliphatic carbocycles. The molecular formula is C23H32N4O2Si. The maximum absolute atomic E-state index is 6.74. The lowest BCUT2D eigenvalue weighted by Gasteiger charge is -2.35. The van der Waals surface area contributed by atoms with Gasteiger partial charge in [-0.25, -0.2) is 0 Å². The summed E-state index contributed by atoms with van der Waals surface area (Å²) in [6.45, 7) is 0. The summed E-state index contributed by atoms with van der Waals surface area (Å²) in [5.41, 5.74) is 1.91. The number of rotatable bonds is 6. The van der Waals surface area contributed by atoms with E-state index in [1.807, 2.05) is 88.9 Å². The normalized spacial score (nSPS) is 16.7. The van der Waals surface area contributed by atoms with Crippen LogP contribution in [0.3, 0.4) is 0 Å². The van der Waals surface area contributed by atoms with Crippen LogP contribution in [0.25, 0.3) is 0 Å². The predicted molar refractivity (Wildman–Crippen MR) is 125 cm³/mol. The molecule has 0 radical (unpaired) electrons. The van der Waals surface area contributed by atoms with Gasteiger partial charge in [-0.15, -0.1) is 10.2 Å². The van der Waals surface area contributed by atoms with Crippen molar-refractivity contribution in [3.8, 4) is 0 Å². The Morgan fingerprint density at radius 1 is 0.667 bits per heavy atom. The Balaban J connectivity index is 1.97. The predicted octanol–water partition coefficient (Wildman–Crippen LogP) is 4.49. The fraction of sp³-hybridized carbons (Fsp3) is 0.391. The molecule has 2 aromatic rings. The minimum Gasteiger partial charge on any atom is -0.496 e. The van der Waals surface area contributed by atoms with E-state index in [1.54, 1.807) is 10.0 Å². The van der Waals surface area contributed by atoms with Crippen molar-refractivity contribution in [3.63, 3.8) is 0 Å². The second kappa shape index (κ2) is 10.3. The first-order valence-electron chi connectivity index (χ1n) is 10.5. The maximum Gasteiger partial charge on any atom is 0.462 e. The highest BCUT2D eigenvalue weighted by atomic mass is 28.4. The van der Waals surface area contributed by atoms with Crippen LogP contribution in [0.4, 0.5) is 0 Å². The molecule has 7 heteroatoms. The van der Waals surface area contributed by atoms with Gasteiger partial charge in [0, 0.05) is 51.4 Å². The molecule has 3 rings (SSSR count). The van der Waals surface area contributed by atoms with Gasteiger partial charge in [0.1, 0.15) is 0 Å². The van der Waals surface area contributed by atoms with Gasteiger partial charge < -0.3 is 8.85 Å². The molecule has 30 heavy (non-hydrogen) atoms. The molecule has 1 aliphatic heterocycles. The third kappa shape index (κ3) is 6.10. The van der Waals surface area contributed by atoms with E-state index in [2.05, 4.69) is 10.2 Å². The molecule has 0 bridgehead atoms. The Morgan fingerprint density at radius 2 is 1.07 bits per heavy atom. The first kappa shape index (κ1) is 21.9. The van der Waals surface area contributed by atoms with E-state index in [9.17, 15) is 0 Å². The third-order valence-electron chi connectivity index (χ3n) is 4.80. The van der Waals surface area contributed by atoms with E-state index >= 15 is 0 Å². The topological polar surface area (TPSA) is 49.7 Å². The molecule has 2 aromatic carbocycles. The first-order valence-corrected chi connectivity index (χ1v) is 12.7. The molecular weight excluding hydrogens is 392 g/mol. The maximum atomic E-state index is 6.74. The molecule has 160 valence electrons. The summed E-state index contributed by atoms with van der Waals surface area (Å²) in [5, 5.41) is 12.9. The van der Waals surface area contributed by atoms with Gasteiger partial charge in [-0.05, 0) is 37.1 Å². The molecule has 0 unspecified atom stereocenters. The third-order valence-corrected chi connectivity index (χ3v) is 8.17. The van der Waals surface area contributed by atoms with Gasteiger partial charge in [0.05, 0.1) is 0 Å². The van der Waals surface area contributed by atoms with Crippen LogP contribution in [0.5, 0.6) is 0 Å². The van der Waals surface area contributed by atoms with E-state index in [0.29, 0.717) is 11.8 Å². The number of hydrogen-bond acceptors (Lipinski definition) is 6. The number of benzene rings is 2. The van der Waals surface area contributed by atoms with Crippen LogP contribution in [0.15, 0.2) is 70.9 Å². The van der Waals surface area contributed by atoms with Crippen LogP contribution < -0.4 is 0 Å². The SMILES string of the molecule is CN(C)/N=C(/O[Si]1(O/C(=N/N(C)C)c2ccccc2)CCCCC1)c1ccccc1. The second-order valence-electron chi connectivity index (χ2n) is 7.91. The zero-order chi connectivity index (χ0) is 21.4. The van der Waals surface area contributed by atoms with Crippen molar-refractivity contribution < 1.29 is 8.85 Å². The molecule has 1 heterocycles. The average Bonchev–Trinajstić information content (AvgIpc) is 2.74. The Kier molecular flexibility index (Phi) is 7.51. The lowest BCUT2D eigenvalue weighted by molar-refractivity contribution is 0.325. The summed E-state index contributed by atoms with van der Waals surface area (Å²) < 4.78 is 13.5. The van der Waals surface area contributed by atoms with Crippen LogP contribution in [-0.2, 0) is 8.85 Å². The Labute approximate surface area is 181 Å². The van der Waals surface area contributed by atoms with Gasteiger partial charge in [-0.3, -0.25) is 10.0 Å². The van der Waals surface area contributed by atoms with Gasteiger partial charge in [0.25, 0.3) is 0 Å². The van der Waals surface area contributed by atoms with E-state index in [1.165, 1.54) is 6.42 Å². The Morgan fingerprint density at radius 3 is 1.43 bits per heavy atom. The largest absolute Gasteiger partial charge is 0.496 e. The highest BCUT2D eigenvalue weighted by molar-refractivity contribution is 6.71. The van der Waals surface area contributed by atoms with Crippen molar-refractivity contribution in [1.29, 1.82) is 0 Å². The summed E-state index contributed by atoms with van der Waals surface area (Å²) in [5.74, 6) is 1.23. The average molecular weight is 425 g/mol. The molecule has 1 fully saturated rings. The van der Waals surface area contributed by atoms with Crippen LogP contribution in [-0.4, -0.2) is 58.6 Å². The second-order valence-corrected chi connectivity index (χ2v) is 11.1. The van der Waals surface area contributed by atoms with Crippen molar-refractivity contribution in [2.24, 2.45) is 10.2 Å². The first-order chi connectivity index (χ1) is 14.5. The Hall–Kier alpha value is -2.80. The number of nitrogens with zero attached hydrogens (tertiary/aromatic N) is 4. The number of hydrogen-bond donors (Lipinski definition) is 0. The fourth-order valence-electron chi connectivity index (χ4n) is 3.47. The van der Waals surface area contributed by atoms with E-state index in [0.717, 1.165) is 36.1 Å². The smallest absolute Gasteiger partial charge is 0.462 e. The molecule has 0 atom stereocenters. The molecule has 0 amide bonds. The molecule has 6 nitrogen and oxygen atoms in total. The lowest BCUT2D eigenvalue weighted by atomic mass is 10.2. The lowest BCUT2D eigenvalue weighted by Crippen LogP contribution is -2.48.